The number of pyridine rings is 2. The number of rotatable bonds is 8. The Hall–Kier alpha value is -3.72. The molecule has 1 aliphatic rings. The van der Waals surface area contributed by atoms with E-state index in [0.29, 0.717) is 23.9 Å². The second-order valence-electron chi connectivity index (χ2n) is 7.97. The van der Waals surface area contributed by atoms with Gasteiger partial charge in [-0.25, -0.2) is 23.7 Å². The van der Waals surface area contributed by atoms with Crippen molar-refractivity contribution in [3.8, 4) is 11.4 Å². The normalized spacial score (nSPS) is 13.3. The van der Waals surface area contributed by atoms with Crippen LogP contribution >= 0.6 is 0 Å². The van der Waals surface area contributed by atoms with Crippen LogP contribution < -0.4 is 16.0 Å². The van der Waals surface area contributed by atoms with Crippen molar-refractivity contribution in [1.29, 1.82) is 0 Å². The fourth-order valence-corrected chi connectivity index (χ4v) is 3.76. The lowest BCUT2D eigenvalue weighted by atomic mass is 10.1. The number of hydrogen-bond donors (Lipinski definition) is 3. The molecule has 0 saturated heterocycles. The second kappa shape index (κ2) is 9.03. The quantitative estimate of drug-likeness (QED) is 0.340. The van der Waals surface area contributed by atoms with Gasteiger partial charge in [-0.05, 0) is 55.6 Å². The van der Waals surface area contributed by atoms with Crippen LogP contribution in [0.4, 0.5) is 26.1 Å². The van der Waals surface area contributed by atoms with Gasteiger partial charge in [0.15, 0.2) is 5.82 Å². The smallest absolute Gasteiger partial charge is 0.162 e. The number of halogens is 2. The number of anilines is 3. The number of aromatic nitrogens is 4. The highest BCUT2D eigenvalue weighted by atomic mass is 19.1. The van der Waals surface area contributed by atoms with E-state index in [1.807, 2.05) is 13.2 Å². The van der Waals surface area contributed by atoms with E-state index in [1.165, 1.54) is 18.2 Å². The molecule has 0 aliphatic heterocycles. The van der Waals surface area contributed by atoms with Gasteiger partial charge in [-0.3, -0.25) is 4.98 Å². The zero-order valence-corrected chi connectivity index (χ0v) is 18.1. The first-order valence-corrected chi connectivity index (χ1v) is 10.9. The Bertz CT molecular complexity index is 1290. The standard InChI is InChI=1S/C24H23F2N7/c1-27-9-10-30-24-21-16(14-5-6-14)12-28-13-19(21)31-23(33-24)15-7-8-29-20(11-15)32-22-17(25)3-2-4-18(22)26/h2-4,7-8,11-14,27H,5-6,9-10H2,1H3,(H,29,32)(H,30,31,33). The van der Waals surface area contributed by atoms with Crippen molar-refractivity contribution in [3.05, 3.63) is 66.1 Å². The van der Waals surface area contributed by atoms with Gasteiger partial charge < -0.3 is 16.0 Å². The highest BCUT2D eigenvalue weighted by molar-refractivity contribution is 5.93. The van der Waals surface area contributed by atoms with Crippen LogP contribution in [0, 0.1) is 11.6 Å². The molecule has 9 heteroatoms. The lowest BCUT2D eigenvalue weighted by Crippen LogP contribution is -2.18. The van der Waals surface area contributed by atoms with E-state index in [-0.39, 0.29) is 11.5 Å². The van der Waals surface area contributed by atoms with Crippen LogP contribution in [0.1, 0.15) is 24.3 Å². The molecule has 1 aliphatic carbocycles. The van der Waals surface area contributed by atoms with E-state index in [1.54, 1.807) is 24.5 Å². The van der Waals surface area contributed by atoms with Gasteiger partial charge in [0.25, 0.3) is 0 Å². The molecule has 0 unspecified atom stereocenters. The van der Waals surface area contributed by atoms with Crippen LogP contribution in [0.2, 0.25) is 0 Å². The molecule has 33 heavy (non-hydrogen) atoms. The molecule has 1 saturated carbocycles. The molecule has 1 fully saturated rings. The Labute approximate surface area is 189 Å². The average Bonchev–Trinajstić information content (AvgIpc) is 3.67. The maximum Gasteiger partial charge on any atom is 0.162 e. The van der Waals surface area contributed by atoms with Gasteiger partial charge in [-0.15, -0.1) is 0 Å². The average molecular weight is 447 g/mol. The molecular formula is C24H23F2N7. The van der Waals surface area contributed by atoms with E-state index < -0.39 is 11.6 Å². The maximum absolute atomic E-state index is 14.1. The van der Waals surface area contributed by atoms with Crippen LogP contribution in [-0.4, -0.2) is 40.1 Å². The van der Waals surface area contributed by atoms with Crippen molar-refractivity contribution in [3.63, 3.8) is 0 Å². The van der Waals surface area contributed by atoms with E-state index in [4.69, 9.17) is 9.97 Å². The van der Waals surface area contributed by atoms with Crippen LogP contribution in [0.15, 0.2) is 48.9 Å². The predicted molar refractivity (Wildman–Crippen MR) is 125 cm³/mol. The van der Waals surface area contributed by atoms with Crippen molar-refractivity contribution in [2.75, 3.05) is 30.8 Å². The Morgan fingerprint density at radius 2 is 1.85 bits per heavy atom. The Morgan fingerprint density at radius 1 is 1.03 bits per heavy atom. The van der Waals surface area contributed by atoms with Crippen LogP contribution in [0.5, 0.6) is 0 Å². The van der Waals surface area contributed by atoms with E-state index >= 15 is 0 Å². The molecule has 168 valence electrons. The Kier molecular flexibility index (Phi) is 5.78. The highest BCUT2D eigenvalue weighted by Crippen LogP contribution is 2.44. The molecule has 0 amide bonds. The van der Waals surface area contributed by atoms with Crippen molar-refractivity contribution in [1.82, 2.24) is 25.3 Å². The number of nitrogens with one attached hydrogen (secondary N) is 3. The number of likely N-dealkylation sites (N-methyl/N-ethyl adjacent to an activating group) is 1. The second-order valence-corrected chi connectivity index (χ2v) is 7.97. The topological polar surface area (TPSA) is 87.7 Å². The van der Waals surface area contributed by atoms with E-state index in [0.717, 1.165) is 41.7 Å². The van der Waals surface area contributed by atoms with E-state index in [2.05, 4.69) is 25.9 Å². The number of para-hydroxylation sites is 1. The SMILES string of the molecule is CNCCNc1nc(-c2ccnc(Nc3c(F)cccc3F)c2)nc2cncc(C3CC3)c12. The maximum atomic E-state index is 14.1. The molecular weight excluding hydrogens is 424 g/mol. The predicted octanol–water partition coefficient (Wildman–Crippen LogP) is 4.62. The van der Waals surface area contributed by atoms with Gasteiger partial charge in [0.05, 0.1) is 11.7 Å². The first-order chi connectivity index (χ1) is 16.1. The molecule has 3 heterocycles. The van der Waals surface area contributed by atoms with Gasteiger partial charge in [0.2, 0.25) is 0 Å². The lowest BCUT2D eigenvalue weighted by Gasteiger charge is -2.14. The number of benzene rings is 1. The minimum atomic E-state index is -0.696. The van der Waals surface area contributed by atoms with Crippen LogP contribution in [0.3, 0.4) is 0 Å². The van der Waals surface area contributed by atoms with Crippen LogP contribution in [0.25, 0.3) is 22.3 Å². The highest BCUT2D eigenvalue weighted by Gasteiger charge is 2.27. The lowest BCUT2D eigenvalue weighted by molar-refractivity contribution is 0.590. The Balaban J connectivity index is 1.55. The summed E-state index contributed by atoms with van der Waals surface area (Å²) in [6.07, 6.45) is 7.49. The summed E-state index contributed by atoms with van der Waals surface area (Å²) in [5.74, 6) is 0.616. The molecule has 0 spiro atoms. The molecule has 0 atom stereocenters. The Morgan fingerprint density at radius 3 is 2.61 bits per heavy atom. The number of hydrogen-bond acceptors (Lipinski definition) is 7. The molecule has 0 radical (unpaired) electrons. The first kappa shape index (κ1) is 21.1. The molecule has 4 aromatic rings. The largest absolute Gasteiger partial charge is 0.368 e. The van der Waals surface area contributed by atoms with Crippen molar-refractivity contribution in [2.24, 2.45) is 0 Å². The molecule has 7 nitrogen and oxygen atoms in total. The summed E-state index contributed by atoms with van der Waals surface area (Å²) in [7, 11) is 1.90. The van der Waals surface area contributed by atoms with Gasteiger partial charge >= 0.3 is 0 Å². The van der Waals surface area contributed by atoms with Gasteiger partial charge in [-0.1, -0.05) is 6.07 Å². The third-order valence-corrected chi connectivity index (χ3v) is 5.55. The molecule has 3 aromatic heterocycles. The third kappa shape index (κ3) is 4.45. The summed E-state index contributed by atoms with van der Waals surface area (Å²) in [5.41, 5.74) is 2.33. The first-order valence-electron chi connectivity index (χ1n) is 10.9. The minimum absolute atomic E-state index is 0.255. The monoisotopic (exact) mass is 447 g/mol. The fourth-order valence-electron chi connectivity index (χ4n) is 3.76. The molecule has 1 aromatic carbocycles. The fraction of sp³-hybridized carbons (Fsp3) is 0.250. The summed E-state index contributed by atoms with van der Waals surface area (Å²) in [6.45, 7) is 1.48. The number of fused-ring (bicyclic) bond motifs is 1. The van der Waals surface area contributed by atoms with Crippen molar-refractivity contribution >= 4 is 28.2 Å². The van der Waals surface area contributed by atoms with Crippen molar-refractivity contribution < 1.29 is 8.78 Å². The van der Waals surface area contributed by atoms with Gasteiger partial charge in [0.1, 0.15) is 29.0 Å². The van der Waals surface area contributed by atoms with Crippen LogP contribution in [-0.2, 0) is 0 Å². The molecule has 3 N–H and O–H groups in total. The molecule has 0 bridgehead atoms. The summed E-state index contributed by atoms with van der Waals surface area (Å²) in [5, 5.41) is 10.3. The summed E-state index contributed by atoms with van der Waals surface area (Å²) < 4.78 is 28.1. The van der Waals surface area contributed by atoms with Gasteiger partial charge in [-0.2, -0.15) is 0 Å². The zero-order valence-electron chi connectivity index (χ0n) is 18.1. The summed E-state index contributed by atoms with van der Waals surface area (Å²) in [6, 6.07) is 7.13. The summed E-state index contributed by atoms with van der Waals surface area (Å²) >= 11 is 0. The van der Waals surface area contributed by atoms with Crippen molar-refractivity contribution in [2.45, 2.75) is 18.8 Å². The van der Waals surface area contributed by atoms with E-state index in [9.17, 15) is 8.78 Å². The number of nitrogens with zero attached hydrogens (tertiary/aromatic N) is 4. The molecule has 5 rings (SSSR count). The third-order valence-electron chi connectivity index (χ3n) is 5.55. The minimum Gasteiger partial charge on any atom is -0.368 e. The summed E-state index contributed by atoms with van der Waals surface area (Å²) in [4.78, 5) is 18.2. The van der Waals surface area contributed by atoms with Gasteiger partial charge in [0, 0.05) is 36.4 Å². The zero-order chi connectivity index (χ0) is 22.8.